The molecule has 0 saturated carbocycles. The normalized spacial score (nSPS) is 10.4. The van der Waals surface area contributed by atoms with E-state index >= 15 is 0 Å². The quantitative estimate of drug-likeness (QED) is 0.406. The molecular formula is C24H15N3S. The van der Waals surface area contributed by atoms with E-state index in [1.54, 1.807) is 0 Å². The molecule has 0 aliphatic rings. The minimum Gasteiger partial charge on any atom is -0.240 e. The van der Waals surface area contributed by atoms with Gasteiger partial charge in [-0.2, -0.15) is 10.5 Å². The van der Waals surface area contributed by atoms with E-state index in [-0.39, 0.29) is 5.75 Å². The van der Waals surface area contributed by atoms with Crippen molar-refractivity contribution in [1.29, 1.82) is 10.5 Å². The van der Waals surface area contributed by atoms with Gasteiger partial charge in [0.2, 0.25) is 0 Å². The van der Waals surface area contributed by atoms with Crippen molar-refractivity contribution in [3.63, 3.8) is 0 Å². The summed E-state index contributed by atoms with van der Waals surface area (Å²) in [6.07, 6.45) is 0. The van der Waals surface area contributed by atoms with Crippen LogP contribution in [-0.2, 0) is 0 Å². The Balaban J connectivity index is 2.00. The topological polar surface area (TPSA) is 60.5 Å². The zero-order valence-corrected chi connectivity index (χ0v) is 15.8. The Morgan fingerprint density at radius 3 is 2.36 bits per heavy atom. The van der Waals surface area contributed by atoms with Gasteiger partial charge in [-0.05, 0) is 22.4 Å². The van der Waals surface area contributed by atoms with Crippen LogP contribution in [-0.4, -0.2) is 10.7 Å². The lowest BCUT2D eigenvalue weighted by molar-refractivity contribution is 1.12. The lowest BCUT2D eigenvalue weighted by Gasteiger charge is -2.13. The highest BCUT2D eigenvalue weighted by Crippen LogP contribution is 2.36. The second-order valence-electron chi connectivity index (χ2n) is 6.19. The molecule has 0 aliphatic heterocycles. The Morgan fingerprint density at radius 1 is 0.821 bits per heavy atom. The first kappa shape index (κ1) is 17.8. The van der Waals surface area contributed by atoms with Crippen LogP contribution in [0.25, 0.3) is 33.2 Å². The lowest BCUT2D eigenvalue weighted by Crippen LogP contribution is -1.96. The maximum Gasteiger partial charge on any atom is 0.116 e. The molecule has 0 radical (unpaired) electrons. The van der Waals surface area contributed by atoms with Gasteiger partial charge in [0.05, 0.1) is 23.1 Å². The van der Waals surface area contributed by atoms with Crippen molar-refractivity contribution in [2.75, 3.05) is 5.75 Å². The van der Waals surface area contributed by atoms with Crippen molar-refractivity contribution in [2.45, 2.75) is 5.03 Å². The predicted octanol–water partition coefficient (Wildman–Crippen LogP) is 6.06. The summed E-state index contributed by atoms with van der Waals surface area (Å²) in [6.45, 7) is 0. The number of rotatable bonds is 4. The molecule has 0 saturated heterocycles. The molecule has 0 bridgehead atoms. The van der Waals surface area contributed by atoms with E-state index in [9.17, 15) is 5.26 Å². The van der Waals surface area contributed by atoms with Crippen LogP contribution in [0.5, 0.6) is 0 Å². The number of pyridine rings is 1. The van der Waals surface area contributed by atoms with Crippen LogP contribution in [0.2, 0.25) is 0 Å². The summed E-state index contributed by atoms with van der Waals surface area (Å²) < 4.78 is 0. The SMILES string of the molecule is N#CCSc1nc(-c2cccc3ccccc23)cc(-c2ccccc2)c1C#N. The Kier molecular flexibility index (Phi) is 5.06. The van der Waals surface area contributed by atoms with Crippen LogP contribution in [0.3, 0.4) is 0 Å². The molecule has 3 aromatic carbocycles. The molecular weight excluding hydrogens is 362 g/mol. The van der Waals surface area contributed by atoms with Crippen molar-refractivity contribution >= 4 is 22.5 Å². The Labute approximate surface area is 167 Å². The van der Waals surface area contributed by atoms with Crippen LogP contribution in [0.15, 0.2) is 83.9 Å². The van der Waals surface area contributed by atoms with E-state index in [0.717, 1.165) is 33.2 Å². The summed E-state index contributed by atoms with van der Waals surface area (Å²) in [5, 5.41) is 21.7. The fraction of sp³-hybridized carbons (Fsp3) is 0.0417. The number of thioether (sulfide) groups is 1. The summed E-state index contributed by atoms with van der Waals surface area (Å²) in [4.78, 5) is 4.78. The summed E-state index contributed by atoms with van der Waals surface area (Å²) in [6, 6.07) is 30.6. The van der Waals surface area contributed by atoms with Crippen molar-refractivity contribution in [2.24, 2.45) is 0 Å². The third-order valence-corrected chi connectivity index (χ3v) is 5.36. The zero-order valence-electron chi connectivity index (χ0n) is 15.0. The van der Waals surface area contributed by atoms with Gasteiger partial charge >= 0.3 is 0 Å². The average molecular weight is 377 g/mol. The van der Waals surface area contributed by atoms with E-state index in [0.29, 0.717) is 10.6 Å². The van der Waals surface area contributed by atoms with Gasteiger partial charge in [0.25, 0.3) is 0 Å². The summed E-state index contributed by atoms with van der Waals surface area (Å²) in [5.74, 6) is 0.245. The largest absolute Gasteiger partial charge is 0.240 e. The van der Waals surface area contributed by atoms with Gasteiger partial charge in [0.1, 0.15) is 11.1 Å². The fourth-order valence-corrected chi connectivity index (χ4v) is 3.93. The number of nitriles is 2. The molecule has 0 atom stereocenters. The average Bonchev–Trinajstić information content (AvgIpc) is 2.77. The Hall–Kier alpha value is -3.60. The van der Waals surface area contributed by atoms with Crippen molar-refractivity contribution in [3.05, 3.63) is 84.4 Å². The van der Waals surface area contributed by atoms with E-state index in [2.05, 4.69) is 30.3 Å². The number of aromatic nitrogens is 1. The third kappa shape index (κ3) is 3.34. The van der Waals surface area contributed by atoms with Crippen molar-refractivity contribution < 1.29 is 0 Å². The smallest absolute Gasteiger partial charge is 0.116 e. The highest BCUT2D eigenvalue weighted by molar-refractivity contribution is 7.99. The fourth-order valence-electron chi connectivity index (χ4n) is 3.27. The molecule has 4 aromatic rings. The summed E-state index contributed by atoms with van der Waals surface area (Å²) in [7, 11) is 0. The van der Waals surface area contributed by atoms with E-state index in [1.165, 1.54) is 11.8 Å². The van der Waals surface area contributed by atoms with E-state index in [4.69, 9.17) is 10.2 Å². The third-order valence-electron chi connectivity index (χ3n) is 4.52. The molecule has 4 heteroatoms. The van der Waals surface area contributed by atoms with Gasteiger partial charge in [-0.3, -0.25) is 0 Å². The summed E-state index contributed by atoms with van der Waals surface area (Å²) >= 11 is 1.30. The molecule has 0 amide bonds. The molecule has 0 spiro atoms. The first-order valence-electron chi connectivity index (χ1n) is 8.80. The second-order valence-corrected chi connectivity index (χ2v) is 7.15. The van der Waals surface area contributed by atoms with Crippen LogP contribution in [0, 0.1) is 22.7 Å². The first-order valence-corrected chi connectivity index (χ1v) is 9.79. The molecule has 28 heavy (non-hydrogen) atoms. The zero-order chi connectivity index (χ0) is 19.3. The van der Waals surface area contributed by atoms with Crippen LogP contribution < -0.4 is 0 Å². The second kappa shape index (κ2) is 7.96. The predicted molar refractivity (Wildman–Crippen MR) is 114 cm³/mol. The van der Waals surface area contributed by atoms with E-state index < -0.39 is 0 Å². The van der Waals surface area contributed by atoms with Gasteiger partial charge in [0.15, 0.2) is 0 Å². The number of hydrogen-bond donors (Lipinski definition) is 0. The Morgan fingerprint density at radius 2 is 1.57 bits per heavy atom. The van der Waals surface area contributed by atoms with Crippen molar-refractivity contribution in [1.82, 2.24) is 4.98 Å². The van der Waals surface area contributed by atoms with Gasteiger partial charge in [-0.15, -0.1) is 0 Å². The van der Waals surface area contributed by atoms with Gasteiger partial charge in [0, 0.05) is 11.1 Å². The van der Waals surface area contributed by atoms with Crippen LogP contribution >= 0.6 is 11.8 Å². The van der Waals surface area contributed by atoms with E-state index in [1.807, 2.05) is 60.7 Å². The van der Waals surface area contributed by atoms with Gasteiger partial charge in [-0.1, -0.05) is 84.6 Å². The van der Waals surface area contributed by atoms with Gasteiger partial charge in [-0.25, -0.2) is 4.98 Å². The number of fused-ring (bicyclic) bond motifs is 1. The standard InChI is InChI=1S/C24H15N3S/c25-13-14-28-24-22(16-26)21(18-7-2-1-3-8-18)15-23(27-24)20-12-6-10-17-9-4-5-11-19(17)20/h1-12,15H,14H2. The molecule has 3 nitrogen and oxygen atoms in total. The van der Waals surface area contributed by atoms with Crippen LogP contribution in [0.4, 0.5) is 0 Å². The highest BCUT2D eigenvalue weighted by Gasteiger charge is 2.16. The van der Waals surface area contributed by atoms with Crippen molar-refractivity contribution in [3.8, 4) is 34.5 Å². The first-order chi connectivity index (χ1) is 13.8. The monoisotopic (exact) mass is 377 g/mol. The molecule has 0 N–H and O–H groups in total. The van der Waals surface area contributed by atoms with Crippen LogP contribution in [0.1, 0.15) is 5.56 Å². The highest BCUT2D eigenvalue weighted by atomic mass is 32.2. The Bertz CT molecular complexity index is 1230. The minimum atomic E-state index is 0.245. The molecule has 132 valence electrons. The summed E-state index contributed by atoms with van der Waals surface area (Å²) in [5.41, 5.74) is 4.12. The molecule has 0 fully saturated rings. The number of hydrogen-bond acceptors (Lipinski definition) is 4. The molecule has 1 heterocycles. The lowest BCUT2D eigenvalue weighted by atomic mass is 9.97. The van der Waals surface area contributed by atoms with Gasteiger partial charge < -0.3 is 0 Å². The number of nitrogens with zero attached hydrogens (tertiary/aromatic N) is 3. The molecule has 1 aromatic heterocycles. The molecule has 4 rings (SSSR count). The minimum absolute atomic E-state index is 0.245. The molecule has 0 aliphatic carbocycles. The maximum atomic E-state index is 9.81. The maximum absolute atomic E-state index is 9.81. The number of benzene rings is 3. The molecule has 0 unspecified atom stereocenters.